The summed E-state index contributed by atoms with van der Waals surface area (Å²) in [7, 11) is 0. The highest BCUT2D eigenvalue weighted by atomic mass is 32.1. The van der Waals surface area contributed by atoms with Gasteiger partial charge in [-0.15, -0.1) is 11.3 Å². The van der Waals surface area contributed by atoms with E-state index in [1.807, 2.05) is 43.2 Å². The van der Waals surface area contributed by atoms with E-state index >= 15 is 0 Å². The van der Waals surface area contributed by atoms with Gasteiger partial charge in [-0.2, -0.15) is 0 Å². The van der Waals surface area contributed by atoms with Crippen LogP contribution in [0, 0.1) is 11.8 Å². The van der Waals surface area contributed by atoms with Crippen molar-refractivity contribution in [1.29, 1.82) is 0 Å². The van der Waals surface area contributed by atoms with Gasteiger partial charge in [0, 0.05) is 55.0 Å². The lowest BCUT2D eigenvalue weighted by Crippen LogP contribution is -2.43. The number of nitrogens with zero attached hydrogens (tertiary/aromatic N) is 3. The number of hydrogen-bond acceptors (Lipinski definition) is 6. The van der Waals surface area contributed by atoms with Crippen molar-refractivity contribution in [2.45, 2.75) is 96.4 Å². The topological polar surface area (TPSA) is 82.6 Å². The second kappa shape index (κ2) is 11.1. The third-order valence-electron chi connectivity index (χ3n) is 10.3. The summed E-state index contributed by atoms with van der Waals surface area (Å²) in [5, 5.41) is 6.24. The number of aromatic nitrogens is 2. The molecule has 7 nitrogen and oxygen atoms in total. The Morgan fingerprint density at radius 1 is 1.07 bits per heavy atom. The number of benzene rings is 2. The fourth-order valence-corrected chi connectivity index (χ4v) is 9.35. The number of fused-ring (bicyclic) bond motifs is 5. The van der Waals surface area contributed by atoms with Crippen molar-refractivity contribution >= 4 is 49.0 Å². The third kappa shape index (κ3) is 5.20. The summed E-state index contributed by atoms with van der Waals surface area (Å²) in [4.78, 5) is 28.9. The van der Waals surface area contributed by atoms with E-state index in [1.165, 1.54) is 44.3 Å². The first kappa shape index (κ1) is 28.9. The van der Waals surface area contributed by atoms with Crippen molar-refractivity contribution in [2.24, 2.45) is 16.8 Å². The molecule has 0 spiro atoms. The Balaban J connectivity index is 1.07. The summed E-state index contributed by atoms with van der Waals surface area (Å²) in [6.45, 7) is 9.17. The van der Waals surface area contributed by atoms with Gasteiger partial charge in [-0.25, -0.2) is 9.78 Å². The molecule has 2 aromatic carbocycles. The number of aliphatic imine (C=N–C) groups is 1. The summed E-state index contributed by atoms with van der Waals surface area (Å²) < 4.78 is 8.36. The fourth-order valence-electron chi connectivity index (χ4n) is 8.16. The molecule has 4 aromatic rings. The van der Waals surface area contributed by atoms with Crippen LogP contribution in [0.1, 0.15) is 90.1 Å². The first-order valence-electron chi connectivity index (χ1n) is 16.8. The van der Waals surface area contributed by atoms with Gasteiger partial charge in [0.25, 0.3) is 0 Å². The number of rotatable bonds is 5. The zero-order valence-corrected chi connectivity index (χ0v) is 27.5. The number of allylic oxidation sites excluding steroid dienone is 1. The van der Waals surface area contributed by atoms with Gasteiger partial charge in [-0.3, -0.25) is 9.89 Å². The molecular formula is C37H43N5O2S. The standard InChI is InChI=1S/C37H43N5O2S/c1-5-21-11-15-28(40-33(21)29-7-6-16-38-29)22-9-13-26-27-14-10-23(19-32(27)45-31(26)18-22)30-20-39-35(41-30)34-24-8-12-25(17-24)42(34)36(43)44-37(2,3)4/h9-10,13-15,18-21,24-25,29,34,38H,5-8,11-12,16-17H2,1-4H3,(H,39,41). The summed E-state index contributed by atoms with van der Waals surface area (Å²) in [5.41, 5.74) is 5.25. The minimum Gasteiger partial charge on any atom is -0.444 e. The van der Waals surface area contributed by atoms with Gasteiger partial charge in [-0.1, -0.05) is 37.3 Å². The zero-order chi connectivity index (χ0) is 30.9. The van der Waals surface area contributed by atoms with E-state index < -0.39 is 5.60 Å². The summed E-state index contributed by atoms with van der Waals surface area (Å²) >= 11 is 1.84. The number of aromatic amines is 1. The van der Waals surface area contributed by atoms with Crippen LogP contribution in [0.15, 0.2) is 53.7 Å². The van der Waals surface area contributed by atoms with Crippen molar-refractivity contribution in [1.82, 2.24) is 20.2 Å². The molecule has 8 rings (SSSR count). The number of thiophene rings is 1. The Morgan fingerprint density at radius 2 is 1.84 bits per heavy atom. The normalized spacial score (nSPS) is 26.6. The van der Waals surface area contributed by atoms with Gasteiger partial charge >= 0.3 is 6.09 Å². The maximum absolute atomic E-state index is 13.2. The van der Waals surface area contributed by atoms with Crippen LogP contribution < -0.4 is 5.32 Å². The molecule has 4 aliphatic rings. The second-order valence-corrected chi connectivity index (χ2v) is 15.5. The Bertz CT molecular complexity index is 1840. The molecule has 1 amide bonds. The zero-order valence-electron chi connectivity index (χ0n) is 26.7. The highest BCUT2D eigenvalue weighted by molar-refractivity contribution is 7.25. The highest BCUT2D eigenvalue weighted by Gasteiger charge is 2.51. The quantitative estimate of drug-likeness (QED) is 0.233. The van der Waals surface area contributed by atoms with E-state index in [9.17, 15) is 4.79 Å². The first-order chi connectivity index (χ1) is 21.8. The van der Waals surface area contributed by atoms with E-state index in [4.69, 9.17) is 14.7 Å². The molecular weight excluding hydrogens is 579 g/mol. The average molecular weight is 622 g/mol. The van der Waals surface area contributed by atoms with Gasteiger partial charge in [0.05, 0.1) is 23.6 Å². The summed E-state index contributed by atoms with van der Waals surface area (Å²) in [5.74, 6) is 1.83. The minimum absolute atomic E-state index is 0.0619. The molecule has 1 aliphatic carbocycles. The maximum atomic E-state index is 13.2. The van der Waals surface area contributed by atoms with Crippen molar-refractivity contribution < 1.29 is 9.53 Å². The Labute approximate surface area is 269 Å². The molecule has 5 atom stereocenters. The number of imidazole rings is 1. The number of nitrogens with one attached hydrogen (secondary N) is 2. The molecule has 5 heterocycles. The average Bonchev–Trinajstić information content (AvgIpc) is 3.86. The lowest BCUT2D eigenvalue weighted by atomic mass is 9.87. The van der Waals surface area contributed by atoms with E-state index in [-0.39, 0.29) is 18.2 Å². The molecule has 234 valence electrons. The predicted octanol–water partition coefficient (Wildman–Crippen LogP) is 8.87. The molecule has 5 unspecified atom stereocenters. The number of H-pyrrole nitrogens is 1. The van der Waals surface area contributed by atoms with Crippen molar-refractivity contribution in [3.8, 4) is 11.3 Å². The lowest BCUT2D eigenvalue weighted by molar-refractivity contribution is 0.00620. The van der Waals surface area contributed by atoms with Crippen LogP contribution in [-0.4, -0.2) is 50.9 Å². The highest BCUT2D eigenvalue weighted by Crippen LogP contribution is 2.50. The van der Waals surface area contributed by atoms with Crippen LogP contribution in [0.2, 0.25) is 0 Å². The second-order valence-electron chi connectivity index (χ2n) is 14.4. The van der Waals surface area contributed by atoms with Gasteiger partial charge < -0.3 is 15.0 Å². The summed E-state index contributed by atoms with van der Waals surface area (Å²) in [6, 6.07) is 14.1. The number of carbonyl (C=O) groups excluding carboxylic acids is 1. The van der Waals surface area contributed by atoms with Gasteiger partial charge in [0.1, 0.15) is 11.4 Å². The fraction of sp³-hybridized carbons (Fsp3) is 0.486. The van der Waals surface area contributed by atoms with Crippen molar-refractivity contribution in [3.63, 3.8) is 0 Å². The smallest absolute Gasteiger partial charge is 0.411 e. The van der Waals surface area contributed by atoms with Gasteiger partial charge in [-0.05, 0) is 90.3 Å². The largest absolute Gasteiger partial charge is 0.444 e. The van der Waals surface area contributed by atoms with Crippen LogP contribution in [0.3, 0.4) is 0 Å². The molecule has 45 heavy (non-hydrogen) atoms. The van der Waals surface area contributed by atoms with E-state index in [1.54, 1.807) is 0 Å². The molecule has 2 aromatic heterocycles. The van der Waals surface area contributed by atoms with Crippen LogP contribution >= 0.6 is 11.3 Å². The molecule has 2 bridgehead atoms. The third-order valence-corrected chi connectivity index (χ3v) is 11.4. The Morgan fingerprint density at radius 3 is 2.58 bits per heavy atom. The van der Waals surface area contributed by atoms with Gasteiger partial charge in [0.15, 0.2) is 0 Å². The number of amides is 1. The number of hydrogen-bond donors (Lipinski definition) is 2. The van der Waals surface area contributed by atoms with Crippen LogP contribution in [-0.2, 0) is 4.74 Å². The Hall–Kier alpha value is -3.49. The lowest BCUT2D eigenvalue weighted by Gasteiger charge is -2.35. The monoisotopic (exact) mass is 621 g/mol. The number of piperidine rings is 1. The van der Waals surface area contributed by atoms with Gasteiger partial charge in [0.2, 0.25) is 0 Å². The SMILES string of the molecule is CCC1CC=C(c2ccc3c(c2)sc2cc(-c4cnc(C5C6CCC(C6)N5C(=O)OC(C)(C)C)[nH]4)ccc23)N=C1C1CCCN1. The van der Waals surface area contributed by atoms with E-state index in [0.29, 0.717) is 17.9 Å². The molecule has 8 heteroatoms. The molecule has 2 saturated heterocycles. The number of ether oxygens (including phenoxy) is 1. The van der Waals surface area contributed by atoms with Crippen molar-refractivity contribution in [3.05, 3.63) is 60.1 Å². The van der Waals surface area contributed by atoms with E-state index in [0.717, 1.165) is 61.4 Å². The van der Waals surface area contributed by atoms with Crippen LogP contribution in [0.5, 0.6) is 0 Å². The minimum atomic E-state index is -0.521. The number of carbonyl (C=O) groups is 1. The van der Waals surface area contributed by atoms with Crippen molar-refractivity contribution in [2.75, 3.05) is 6.54 Å². The van der Waals surface area contributed by atoms with Crippen LogP contribution in [0.4, 0.5) is 4.79 Å². The molecule has 0 radical (unpaired) electrons. The summed E-state index contributed by atoms with van der Waals surface area (Å²) in [6.07, 6.45) is 11.9. The molecule has 3 fully saturated rings. The first-order valence-corrected chi connectivity index (χ1v) is 17.6. The maximum Gasteiger partial charge on any atom is 0.411 e. The molecule has 1 saturated carbocycles. The van der Waals surface area contributed by atoms with E-state index in [2.05, 4.69) is 59.7 Å². The molecule has 2 N–H and O–H groups in total. The van der Waals surface area contributed by atoms with Crippen LogP contribution in [0.25, 0.3) is 37.1 Å². The Kier molecular flexibility index (Phi) is 7.13. The molecule has 3 aliphatic heterocycles. The number of likely N-dealkylation sites (tertiary alicyclic amines) is 1. The predicted molar refractivity (Wildman–Crippen MR) is 184 cm³/mol.